The Kier molecular flexibility index (Phi) is 3.97. The van der Waals surface area contributed by atoms with Crippen molar-refractivity contribution in [2.75, 3.05) is 5.73 Å². The van der Waals surface area contributed by atoms with Crippen molar-refractivity contribution in [3.8, 4) is 0 Å². The van der Waals surface area contributed by atoms with Crippen LogP contribution in [0.4, 0.5) is 5.69 Å². The van der Waals surface area contributed by atoms with Crippen molar-refractivity contribution < 1.29 is 29.6 Å². The molecule has 1 aromatic rings. The van der Waals surface area contributed by atoms with E-state index in [1.807, 2.05) is 12.1 Å². The molecule has 1 rings (SSSR count). The van der Waals surface area contributed by atoms with Gasteiger partial charge in [-0.3, -0.25) is 0 Å². The summed E-state index contributed by atoms with van der Waals surface area (Å²) in [7, 11) is 0. The van der Waals surface area contributed by atoms with Gasteiger partial charge in [0.1, 0.15) is 0 Å². The summed E-state index contributed by atoms with van der Waals surface area (Å²) in [6.07, 6.45) is 0. The fraction of sp³-hybridized carbons (Fsp3) is 0. The minimum atomic E-state index is 0. The summed E-state index contributed by atoms with van der Waals surface area (Å²) in [6.45, 7) is 0. The van der Waals surface area contributed by atoms with Gasteiger partial charge in [-0.2, -0.15) is 24.3 Å². The maximum absolute atomic E-state index is 5.30. The molecule has 0 atom stereocenters. The van der Waals surface area contributed by atoms with Crippen LogP contribution >= 0.6 is 0 Å². The van der Waals surface area contributed by atoms with Gasteiger partial charge in [-0.15, -0.1) is 6.07 Å². The van der Waals surface area contributed by atoms with Gasteiger partial charge in [0, 0.05) is 0 Å². The standard InChI is InChI=1S/C6H6N.Na/c7-6-4-2-1-3-5-6;/h1-4H,7H2;/q-1;+1. The number of benzene rings is 1. The van der Waals surface area contributed by atoms with Crippen LogP contribution < -0.4 is 35.3 Å². The predicted octanol–water partition coefficient (Wildman–Crippen LogP) is -1.93. The zero-order valence-electron chi connectivity index (χ0n) is 4.89. The van der Waals surface area contributed by atoms with E-state index in [0.717, 1.165) is 0 Å². The van der Waals surface area contributed by atoms with Crippen LogP contribution in [-0.2, 0) is 0 Å². The van der Waals surface area contributed by atoms with Gasteiger partial charge in [0.2, 0.25) is 0 Å². The van der Waals surface area contributed by atoms with Crippen molar-refractivity contribution in [1.29, 1.82) is 0 Å². The average Bonchev–Trinajstić information content (AvgIpc) is 1.69. The van der Waals surface area contributed by atoms with E-state index in [4.69, 9.17) is 5.73 Å². The van der Waals surface area contributed by atoms with Gasteiger partial charge in [0.25, 0.3) is 0 Å². The van der Waals surface area contributed by atoms with Crippen LogP contribution in [0.25, 0.3) is 0 Å². The Balaban J connectivity index is 0.000000490. The van der Waals surface area contributed by atoms with E-state index in [1.165, 1.54) is 0 Å². The van der Waals surface area contributed by atoms with Gasteiger partial charge in [-0.25, -0.2) is 0 Å². The van der Waals surface area contributed by atoms with Crippen LogP contribution in [0, 0.1) is 6.07 Å². The Morgan fingerprint density at radius 2 is 2.12 bits per heavy atom. The number of nitrogens with two attached hydrogens (primary N) is 1. The van der Waals surface area contributed by atoms with Crippen LogP contribution in [-0.4, -0.2) is 0 Å². The second-order valence-corrected chi connectivity index (χ2v) is 1.32. The predicted molar refractivity (Wildman–Crippen MR) is 29.7 cm³/mol. The fourth-order valence-corrected chi connectivity index (χ4v) is 0.407. The summed E-state index contributed by atoms with van der Waals surface area (Å²) in [4.78, 5) is 0. The van der Waals surface area contributed by atoms with Crippen LogP contribution in [0.2, 0.25) is 0 Å². The number of hydrogen-bond donors (Lipinski definition) is 1. The average molecular weight is 115 g/mol. The van der Waals surface area contributed by atoms with Gasteiger partial charge in [0.15, 0.2) is 0 Å². The van der Waals surface area contributed by atoms with Gasteiger partial charge in [-0.1, -0.05) is 5.69 Å². The number of nitrogen functional groups attached to an aromatic ring is 1. The Hall–Kier alpha value is 0.0200. The summed E-state index contributed by atoms with van der Waals surface area (Å²) in [6, 6.07) is 10.2. The molecule has 0 fully saturated rings. The van der Waals surface area contributed by atoms with Crippen LogP contribution in [0.1, 0.15) is 0 Å². The first kappa shape index (κ1) is 8.02. The summed E-state index contributed by atoms with van der Waals surface area (Å²) in [5.74, 6) is 0. The molecule has 36 valence electrons. The molecule has 0 radical (unpaired) electrons. The van der Waals surface area contributed by atoms with Crippen molar-refractivity contribution in [3.63, 3.8) is 0 Å². The molecule has 0 saturated carbocycles. The Bertz CT molecular complexity index is 138. The molecule has 0 aliphatic heterocycles. The smallest absolute Gasteiger partial charge is 0.420 e. The number of para-hydroxylation sites is 1. The molecule has 0 amide bonds. The molecule has 0 unspecified atom stereocenters. The zero-order chi connectivity index (χ0) is 5.11. The number of hydrogen-bond acceptors (Lipinski definition) is 1. The second-order valence-electron chi connectivity index (χ2n) is 1.32. The molecular weight excluding hydrogens is 109 g/mol. The molecule has 0 aromatic heterocycles. The first-order chi connectivity index (χ1) is 3.39. The molecule has 0 spiro atoms. The molecule has 0 saturated heterocycles. The normalized spacial score (nSPS) is 7.50. The van der Waals surface area contributed by atoms with Crippen LogP contribution in [0.15, 0.2) is 24.3 Å². The zero-order valence-corrected chi connectivity index (χ0v) is 6.89. The summed E-state index contributed by atoms with van der Waals surface area (Å²) in [5, 5.41) is 0. The van der Waals surface area contributed by atoms with Crippen molar-refractivity contribution in [2.24, 2.45) is 0 Å². The molecule has 2 N–H and O–H groups in total. The number of rotatable bonds is 0. The van der Waals surface area contributed by atoms with Crippen molar-refractivity contribution in [2.45, 2.75) is 0 Å². The molecule has 0 heterocycles. The van der Waals surface area contributed by atoms with E-state index in [1.54, 1.807) is 12.1 Å². The van der Waals surface area contributed by atoms with Gasteiger partial charge < -0.3 is 5.73 Å². The third-order valence-corrected chi connectivity index (χ3v) is 0.733. The van der Waals surface area contributed by atoms with Crippen molar-refractivity contribution in [3.05, 3.63) is 30.3 Å². The molecule has 2 heteroatoms. The van der Waals surface area contributed by atoms with Crippen LogP contribution in [0.5, 0.6) is 0 Å². The first-order valence-electron chi connectivity index (χ1n) is 2.12. The molecular formula is C6H6NNa. The van der Waals surface area contributed by atoms with Crippen molar-refractivity contribution in [1.82, 2.24) is 0 Å². The fourth-order valence-electron chi connectivity index (χ4n) is 0.407. The molecule has 0 aliphatic carbocycles. The summed E-state index contributed by atoms with van der Waals surface area (Å²) in [5.41, 5.74) is 6.00. The number of anilines is 1. The summed E-state index contributed by atoms with van der Waals surface area (Å²) < 4.78 is 0. The first-order valence-corrected chi connectivity index (χ1v) is 2.12. The van der Waals surface area contributed by atoms with E-state index in [2.05, 4.69) is 6.07 Å². The maximum Gasteiger partial charge on any atom is 1.00 e. The van der Waals surface area contributed by atoms with E-state index >= 15 is 0 Å². The summed E-state index contributed by atoms with van der Waals surface area (Å²) >= 11 is 0. The second kappa shape index (κ2) is 3.96. The SMILES string of the molecule is Nc1[c-]cccc1.[Na+]. The molecule has 0 aliphatic rings. The third-order valence-electron chi connectivity index (χ3n) is 0.733. The quantitative estimate of drug-likeness (QED) is 0.238. The molecule has 8 heavy (non-hydrogen) atoms. The van der Waals surface area contributed by atoms with E-state index < -0.39 is 0 Å². The van der Waals surface area contributed by atoms with Crippen LogP contribution in [0.3, 0.4) is 0 Å². The molecule has 1 nitrogen and oxygen atoms in total. The third kappa shape index (κ3) is 2.36. The largest absolute Gasteiger partial charge is 1.00 e. The van der Waals surface area contributed by atoms with E-state index in [9.17, 15) is 0 Å². The minimum Gasteiger partial charge on any atom is -0.420 e. The molecule has 1 aromatic carbocycles. The topological polar surface area (TPSA) is 26.0 Å². The van der Waals surface area contributed by atoms with Crippen molar-refractivity contribution >= 4 is 5.69 Å². The monoisotopic (exact) mass is 115 g/mol. The van der Waals surface area contributed by atoms with E-state index in [-0.39, 0.29) is 29.6 Å². The Morgan fingerprint density at radius 3 is 2.38 bits per heavy atom. The maximum atomic E-state index is 5.30. The van der Waals surface area contributed by atoms with Gasteiger partial charge in [0.05, 0.1) is 0 Å². The molecule has 0 bridgehead atoms. The van der Waals surface area contributed by atoms with E-state index in [0.29, 0.717) is 5.69 Å². The Morgan fingerprint density at radius 1 is 1.38 bits per heavy atom. The van der Waals surface area contributed by atoms with Gasteiger partial charge in [-0.05, 0) is 0 Å². The van der Waals surface area contributed by atoms with Gasteiger partial charge >= 0.3 is 29.6 Å². The Labute approximate surface area is 71.2 Å². The minimum absolute atomic E-state index is 0.